The van der Waals surface area contributed by atoms with Gasteiger partial charge in [-0.25, -0.2) is 4.79 Å². The monoisotopic (exact) mass is 228 g/mol. The average Bonchev–Trinajstić information content (AvgIpc) is 2.33. The first-order valence-electron chi connectivity index (χ1n) is 4.52. The summed E-state index contributed by atoms with van der Waals surface area (Å²) in [5.74, 6) is -0.879. The molecule has 0 aromatic heterocycles. The Morgan fingerprint density at radius 2 is 1.50 bits per heavy atom. The molecule has 1 aromatic carbocycles. The summed E-state index contributed by atoms with van der Waals surface area (Å²) >= 11 is 0. The Hall–Kier alpha value is -1.43. The lowest BCUT2D eigenvalue weighted by Gasteiger charge is -2.08. The van der Waals surface area contributed by atoms with Crippen LogP contribution in [-0.4, -0.2) is 38.9 Å². The normalized spacial score (nSPS) is 9.50. The van der Waals surface area contributed by atoms with E-state index >= 15 is 0 Å². The smallest absolute Gasteiger partial charge is 0.335 e. The number of benzene rings is 1. The molecular formula is C11H16O5. The standard InChI is InChI=1S/C7H6O2.C4H10O3/c8-7(9)6-4-2-1-3-5-6;1-5-4(6-2)7-3/h1-5H,(H,8,9);4H,1-3H3. The lowest BCUT2D eigenvalue weighted by atomic mass is 10.2. The van der Waals surface area contributed by atoms with Crippen molar-refractivity contribution in [2.75, 3.05) is 21.3 Å². The summed E-state index contributed by atoms with van der Waals surface area (Å²) < 4.78 is 13.8. The van der Waals surface area contributed by atoms with Crippen LogP contribution < -0.4 is 0 Å². The molecule has 5 nitrogen and oxygen atoms in total. The Labute approximate surface area is 94.6 Å². The van der Waals surface area contributed by atoms with Crippen molar-refractivity contribution in [2.45, 2.75) is 6.48 Å². The lowest BCUT2D eigenvalue weighted by molar-refractivity contribution is -0.252. The van der Waals surface area contributed by atoms with Gasteiger partial charge >= 0.3 is 5.97 Å². The minimum atomic E-state index is -0.879. The Morgan fingerprint density at radius 3 is 1.69 bits per heavy atom. The summed E-state index contributed by atoms with van der Waals surface area (Å²) in [7, 11) is 4.53. The zero-order valence-electron chi connectivity index (χ0n) is 9.54. The van der Waals surface area contributed by atoms with Crippen LogP contribution in [-0.2, 0) is 14.2 Å². The van der Waals surface area contributed by atoms with Gasteiger partial charge in [0.2, 0.25) is 0 Å². The zero-order valence-corrected chi connectivity index (χ0v) is 9.54. The highest BCUT2D eigenvalue weighted by atomic mass is 16.8. The number of ether oxygens (including phenoxy) is 3. The SMILES string of the molecule is COC(OC)OC.O=C(O)c1ccccc1. The fourth-order valence-electron chi connectivity index (χ4n) is 0.869. The molecule has 16 heavy (non-hydrogen) atoms. The van der Waals surface area contributed by atoms with Gasteiger partial charge in [0, 0.05) is 21.3 Å². The number of aromatic carboxylic acids is 1. The van der Waals surface area contributed by atoms with Crippen LogP contribution in [0.3, 0.4) is 0 Å². The van der Waals surface area contributed by atoms with E-state index in [1.54, 1.807) is 30.3 Å². The van der Waals surface area contributed by atoms with Crippen molar-refractivity contribution >= 4 is 5.97 Å². The van der Waals surface area contributed by atoms with Crippen LogP contribution in [0.25, 0.3) is 0 Å². The lowest BCUT2D eigenvalue weighted by Crippen LogP contribution is -2.14. The fraction of sp³-hybridized carbons (Fsp3) is 0.364. The van der Waals surface area contributed by atoms with Crippen LogP contribution in [0.1, 0.15) is 10.4 Å². The summed E-state index contributed by atoms with van der Waals surface area (Å²) in [6.07, 6.45) is 0. The van der Waals surface area contributed by atoms with Crippen LogP contribution in [0.5, 0.6) is 0 Å². The highest BCUT2D eigenvalue weighted by molar-refractivity contribution is 5.87. The van der Waals surface area contributed by atoms with Crippen LogP contribution in [0.4, 0.5) is 0 Å². The number of methoxy groups -OCH3 is 3. The number of carboxylic acids is 1. The zero-order chi connectivity index (χ0) is 12.4. The van der Waals surface area contributed by atoms with Gasteiger partial charge in [0.1, 0.15) is 0 Å². The number of hydrogen-bond acceptors (Lipinski definition) is 4. The Bertz CT molecular complexity index is 276. The van der Waals surface area contributed by atoms with E-state index < -0.39 is 12.4 Å². The molecule has 0 spiro atoms. The third kappa shape index (κ3) is 6.13. The van der Waals surface area contributed by atoms with E-state index in [2.05, 4.69) is 14.2 Å². The molecule has 0 atom stereocenters. The molecule has 0 bridgehead atoms. The first-order chi connectivity index (χ1) is 7.65. The third-order valence-electron chi connectivity index (χ3n) is 1.60. The van der Waals surface area contributed by atoms with Gasteiger partial charge in [0.25, 0.3) is 6.48 Å². The maximum atomic E-state index is 10.2. The van der Waals surface area contributed by atoms with Crippen molar-refractivity contribution in [1.82, 2.24) is 0 Å². The van der Waals surface area contributed by atoms with Gasteiger partial charge in [-0.1, -0.05) is 18.2 Å². The van der Waals surface area contributed by atoms with Crippen molar-refractivity contribution in [3.05, 3.63) is 35.9 Å². The van der Waals surface area contributed by atoms with Gasteiger partial charge in [0.15, 0.2) is 0 Å². The molecule has 0 aliphatic rings. The van der Waals surface area contributed by atoms with Gasteiger partial charge in [0.05, 0.1) is 5.56 Å². The summed E-state index contributed by atoms with van der Waals surface area (Å²) in [6, 6.07) is 8.30. The fourth-order valence-corrected chi connectivity index (χ4v) is 0.869. The summed E-state index contributed by atoms with van der Waals surface area (Å²) in [4.78, 5) is 10.2. The molecule has 5 heteroatoms. The second kappa shape index (κ2) is 8.84. The molecule has 0 saturated carbocycles. The maximum Gasteiger partial charge on any atom is 0.335 e. The van der Waals surface area contributed by atoms with E-state index in [9.17, 15) is 4.79 Å². The minimum absolute atomic E-state index is 0.331. The Balaban J connectivity index is 0.000000293. The topological polar surface area (TPSA) is 65.0 Å². The molecule has 0 saturated heterocycles. The van der Waals surface area contributed by atoms with Crippen molar-refractivity contribution in [3.8, 4) is 0 Å². The summed E-state index contributed by atoms with van der Waals surface area (Å²) in [6.45, 7) is -0.514. The maximum absolute atomic E-state index is 10.2. The molecule has 0 aliphatic carbocycles. The second-order valence-corrected chi connectivity index (χ2v) is 2.67. The van der Waals surface area contributed by atoms with Crippen LogP contribution in [0.2, 0.25) is 0 Å². The molecule has 0 amide bonds. The van der Waals surface area contributed by atoms with E-state index in [0.717, 1.165) is 0 Å². The van der Waals surface area contributed by atoms with Gasteiger partial charge < -0.3 is 19.3 Å². The highest BCUT2D eigenvalue weighted by Crippen LogP contribution is 1.96. The molecular weight excluding hydrogens is 212 g/mol. The Kier molecular flexibility index (Phi) is 8.05. The number of hydrogen-bond donors (Lipinski definition) is 1. The quantitative estimate of drug-likeness (QED) is 0.793. The van der Waals surface area contributed by atoms with Crippen LogP contribution >= 0.6 is 0 Å². The molecule has 1 rings (SSSR count). The number of carbonyl (C=O) groups is 1. The van der Waals surface area contributed by atoms with E-state index in [4.69, 9.17) is 5.11 Å². The number of rotatable bonds is 4. The van der Waals surface area contributed by atoms with Gasteiger partial charge in [-0.05, 0) is 12.1 Å². The van der Waals surface area contributed by atoms with Crippen molar-refractivity contribution in [2.24, 2.45) is 0 Å². The minimum Gasteiger partial charge on any atom is -0.478 e. The van der Waals surface area contributed by atoms with Gasteiger partial charge in [-0.2, -0.15) is 0 Å². The molecule has 90 valence electrons. The van der Waals surface area contributed by atoms with Crippen molar-refractivity contribution < 1.29 is 24.1 Å². The Morgan fingerprint density at radius 1 is 1.06 bits per heavy atom. The first kappa shape index (κ1) is 14.6. The highest BCUT2D eigenvalue weighted by Gasteiger charge is 1.97. The molecule has 0 radical (unpaired) electrons. The predicted octanol–water partition coefficient (Wildman–Crippen LogP) is 1.59. The molecule has 1 N–H and O–H groups in total. The molecule has 1 aromatic rings. The van der Waals surface area contributed by atoms with Crippen molar-refractivity contribution in [3.63, 3.8) is 0 Å². The third-order valence-corrected chi connectivity index (χ3v) is 1.60. The van der Waals surface area contributed by atoms with E-state index in [-0.39, 0.29) is 0 Å². The first-order valence-corrected chi connectivity index (χ1v) is 4.52. The van der Waals surface area contributed by atoms with E-state index in [1.807, 2.05) is 0 Å². The van der Waals surface area contributed by atoms with Crippen LogP contribution in [0.15, 0.2) is 30.3 Å². The van der Waals surface area contributed by atoms with E-state index in [1.165, 1.54) is 21.3 Å². The second-order valence-electron chi connectivity index (χ2n) is 2.67. The summed E-state index contributed by atoms with van der Waals surface area (Å²) in [5, 5.41) is 8.38. The van der Waals surface area contributed by atoms with Gasteiger partial charge in [-0.15, -0.1) is 0 Å². The van der Waals surface area contributed by atoms with E-state index in [0.29, 0.717) is 5.56 Å². The summed E-state index contributed by atoms with van der Waals surface area (Å²) in [5.41, 5.74) is 0.331. The average molecular weight is 228 g/mol. The predicted molar refractivity (Wildman–Crippen MR) is 58.2 cm³/mol. The molecule has 0 aliphatic heterocycles. The number of carboxylic acid groups (broad SMARTS) is 1. The molecule has 0 heterocycles. The van der Waals surface area contributed by atoms with Crippen molar-refractivity contribution in [1.29, 1.82) is 0 Å². The van der Waals surface area contributed by atoms with Gasteiger partial charge in [-0.3, -0.25) is 0 Å². The molecule has 0 unspecified atom stereocenters. The molecule has 0 fully saturated rings. The van der Waals surface area contributed by atoms with Crippen LogP contribution in [0, 0.1) is 0 Å². The largest absolute Gasteiger partial charge is 0.478 e.